The fraction of sp³-hybridized carbons (Fsp3) is 0.381. The molecule has 1 amide bonds. The minimum atomic E-state index is 0.0326. The average Bonchev–Trinajstić information content (AvgIpc) is 3.12. The number of hydrogen-bond donors (Lipinski definition) is 1. The molecule has 140 valence electrons. The molecule has 1 aliphatic heterocycles. The minimum Gasteiger partial charge on any atom is -0.372 e. The number of likely N-dealkylation sites (tertiary alicyclic amines) is 1. The van der Waals surface area contributed by atoms with Gasteiger partial charge in [-0.15, -0.1) is 5.10 Å². The Labute approximate surface area is 159 Å². The predicted molar refractivity (Wildman–Crippen MR) is 107 cm³/mol. The van der Waals surface area contributed by atoms with Gasteiger partial charge in [0.1, 0.15) is 5.82 Å². The number of nitrogens with zero attached hydrogens (tertiary/aromatic N) is 4. The van der Waals surface area contributed by atoms with E-state index >= 15 is 0 Å². The molecule has 6 nitrogen and oxygen atoms in total. The number of fused-ring (bicyclic) bond motifs is 1. The molecule has 1 fully saturated rings. The Morgan fingerprint density at radius 1 is 1.30 bits per heavy atom. The molecule has 1 aliphatic rings. The topological polar surface area (TPSA) is 63.1 Å². The molecule has 0 aliphatic carbocycles. The number of hydrogen-bond acceptors (Lipinski definition) is 4. The highest BCUT2D eigenvalue weighted by molar-refractivity contribution is 5.94. The molecule has 0 radical (unpaired) electrons. The van der Waals surface area contributed by atoms with Crippen LogP contribution in [0.5, 0.6) is 0 Å². The Bertz CT molecular complexity index is 964. The molecule has 0 bridgehead atoms. The second-order valence-electron chi connectivity index (χ2n) is 7.04. The van der Waals surface area contributed by atoms with Gasteiger partial charge in [-0.1, -0.05) is 18.2 Å². The fourth-order valence-electron chi connectivity index (χ4n) is 4.11. The summed E-state index contributed by atoms with van der Waals surface area (Å²) in [6, 6.07) is 12.6. The molecular formula is C21H25N5O. The maximum Gasteiger partial charge on any atom is 0.255 e. The van der Waals surface area contributed by atoms with Crippen LogP contribution in [0.3, 0.4) is 0 Å². The number of anilines is 1. The lowest BCUT2D eigenvalue weighted by atomic mass is 9.94. The van der Waals surface area contributed by atoms with Crippen molar-refractivity contribution in [2.24, 2.45) is 0 Å². The van der Waals surface area contributed by atoms with Crippen LogP contribution in [-0.4, -0.2) is 45.7 Å². The smallest absolute Gasteiger partial charge is 0.255 e. The Morgan fingerprint density at radius 2 is 2.15 bits per heavy atom. The second kappa shape index (κ2) is 7.39. The summed E-state index contributed by atoms with van der Waals surface area (Å²) < 4.78 is 2.39. The van der Waals surface area contributed by atoms with Crippen molar-refractivity contribution in [1.29, 1.82) is 0 Å². The van der Waals surface area contributed by atoms with Crippen molar-refractivity contribution in [3.63, 3.8) is 0 Å². The molecule has 1 unspecified atom stereocenters. The van der Waals surface area contributed by atoms with Gasteiger partial charge in [-0.3, -0.25) is 4.79 Å². The van der Waals surface area contributed by atoms with Crippen LogP contribution in [0.2, 0.25) is 0 Å². The largest absolute Gasteiger partial charge is 0.372 e. The maximum absolute atomic E-state index is 13.0. The number of nitrogens with one attached hydrogen (secondary N) is 1. The first kappa shape index (κ1) is 17.5. The molecule has 1 N–H and O–H groups in total. The summed E-state index contributed by atoms with van der Waals surface area (Å²) in [6.45, 7) is 4.65. The third-order valence-corrected chi connectivity index (χ3v) is 5.44. The highest BCUT2D eigenvalue weighted by Crippen LogP contribution is 2.32. The molecule has 0 spiro atoms. The number of carbonyl (C=O) groups is 1. The Morgan fingerprint density at radius 3 is 2.96 bits per heavy atom. The maximum atomic E-state index is 13.0. The molecular weight excluding hydrogens is 338 g/mol. The molecule has 2 aromatic heterocycles. The number of rotatable bonds is 4. The van der Waals surface area contributed by atoms with Crippen LogP contribution in [0.4, 0.5) is 5.82 Å². The van der Waals surface area contributed by atoms with Gasteiger partial charge in [0.2, 0.25) is 0 Å². The third kappa shape index (κ3) is 3.27. The number of amides is 1. The Balaban J connectivity index is 1.60. The van der Waals surface area contributed by atoms with Gasteiger partial charge in [0, 0.05) is 43.8 Å². The van der Waals surface area contributed by atoms with E-state index in [1.54, 1.807) is 19.3 Å². The van der Waals surface area contributed by atoms with Crippen LogP contribution in [0.25, 0.3) is 10.9 Å². The number of para-hydroxylation sites is 1. The summed E-state index contributed by atoms with van der Waals surface area (Å²) in [5, 5.41) is 12.1. The molecule has 3 aromatic rings. The first-order valence-electron chi connectivity index (χ1n) is 9.59. The summed E-state index contributed by atoms with van der Waals surface area (Å²) in [7, 11) is 1.78. The fourth-order valence-corrected chi connectivity index (χ4v) is 4.11. The second-order valence-corrected chi connectivity index (χ2v) is 7.04. The van der Waals surface area contributed by atoms with Gasteiger partial charge in [0.05, 0.1) is 11.8 Å². The number of aryl methyl sites for hydroxylation is 1. The summed E-state index contributed by atoms with van der Waals surface area (Å²) >= 11 is 0. The molecule has 1 aromatic carbocycles. The van der Waals surface area contributed by atoms with Crippen LogP contribution in [0.15, 0.2) is 42.6 Å². The highest BCUT2D eigenvalue weighted by Gasteiger charge is 2.28. The van der Waals surface area contributed by atoms with Crippen LogP contribution >= 0.6 is 0 Å². The molecule has 6 heteroatoms. The van der Waals surface area contributed by atoms with Gasteiger partial charge in [0.25, 0.3) is 5.91 Å². The summed E-state index contributed by atoms with van der Waals surface area (Å²) in [5.74, 6) is 0.999. The Kier molecular flexibility index (Phi) is 4.79. The van der Waals surface area contributed by atoms with Crippen molar-refractivity contribution in [3.05, 3.63) is 53.9 Å². The standard InChI is InChI=1S/C21H25N5O/c1-3-26-18-9-5-4-7-15(18)11-19(26)16-8-6-10-25(14-16)21(27)17-12-20(22-2)24-23-13-17/h4-5,7,9,11-13,16H,3,6,8,10,14H2,1-2H3,(H,22,24). The van der Waals surface area contributed by atoms with Gasteiger partial charge in [-0.25, -0.2) is 0 Å². The number of benzene rings is 1. The quantitative estimate of drug-likeness (QED) is 0.770. The van der Waals surface area contributed by atoms with E-state index in [0.717, 1.165) is 32.5 Å². The van der Waals surface area contributed by atoms with Crippen molar-refractivity contribution >= 4 is 22.6 Å². The summed E-state index contributed by atoms with van der Waals surface area (Å²) in [6.07, 6.45) is 3.67. The SMILES string of the molecule is CCn1c(C2CCCN(C(=O)c3cnnc(NC)c3)C2)cc2ccccc21. The van der Waals surface area contributed by atoms with Crippen LogP contribution in [0.1, 0.15) is 41.7 Å². The van der Waals surface area contributed by atoms with E-state index < -0.39 is 0 Å². The lowest BCUT2D eigenvalue weighted by molar-refractivity contribution is 0.0704. The Hall–Kier alpha value is -2.89. The zero-order valence-corrected chi connectivity index (χ0v) is 15.9. The van der Waals surface area contributed by atoms with Gasteiger partial charge in [0.15, 0.2) is 0 Å². The molecule has 1 atom stereocenters. The molecule has 3 heterocycles. The van der Waals surface area contributed by atoms with E-state index in [1.165, 1.54) is 16.6 Å². The highest BCUT2D eigenvalue weighted by atomic mass is 16.2. The lowest BCUT2D eigenvalue weighted by Gasteiger charge is -2.33. The minimum absolute atomic E-state index is 0.0326. The molecule has 27 heavy (non-hydrogen) atoms. The summed E-state index contributed by atoms with van der Waals surface area (Å²) in [5.41, 5.74) is 3.20. The van der Waals surface area contributed by atoms with Gasteiger partial charge in [-0.05, 0) is 43.4 Å². The molecule has 0 saturated carbocycles. The van der Waals surface area contributed by atoms with Crippen molar-refractivity contribution in [1.82, 2.24) is 19.7 Å². The van der Waals surface area contributed by atoms with Gasteiger partial charge in [-0.2, -0.15) is 5.10 Å². The van der Waals surface area contributed by atoms with E-state index in [9.17, 15) is 4.79 Å². The molecule has 1 saturated heterocycles. The van der Waals surface area contributed by atoms with E-state index in [1.807, 2.05) is 4.90 Å². The van der Waals surface area contributed by atoms with Crippen LogP contribution < -0.4 is 5.32 Å². The number of aromatic nitrogens is 3. The van der Waals surface area contributed by atoms with Crippen molar-refractivity contribution in [2.75, 3.05) is 25.5 Å². The van der Waals surface area contributed by atoms with E-state index in [2.05, 4.69) is 57.3 Å². The van der Waals surface area contributed by atoms with E-state index in [-0.39, 0.29) is 5.91 Å². The lowest BCUT2D eigenvalue weighted by Crippen LogP contribution is -2.39. The third-order valence-electron chi connectivity index (χ3n) is 5.44. The number of carbonyl (C=O) groups excluding carboxylic acids is 1. The predicted octanol–water partition coefficient (Wildman–Crippen LogP) is 3.51. The zero-order valence-electron chi connectivity index (χ0n) is 15.9. The first-order chi connectivity index (χ1) is 13.2. The van der Waals surface area contributed by atoms with E-state index in [4.69, 9.17) is 0 Å². The van der Waals surface area contributed by atoms with Crippen molar-refractivity contribution in [3.8, 4) is 0 Å². The normalized spacial score (nSPS) is 17.3. The van der Waals surface area contributed by atoms with Crippen LogP contribution in [0, 0.1) is 0 Å². The average molecular weight is 363 g/mol. The first-order valence-corrected chi connectivity index (χ1v) is 9.59. The zero-order chi connectivity index (χ0) is 18.8. The summed E-state index contributed by atoms with van der Waals surface area (Å²) in [4.78, 5) is 15.0. The van der Waals surface area contributed by atoms with Gasteiger partial charge < -0.3 is 14.8 Å². The van der Waals surface area contributed by atoms with Gasteiger partial charge >= 0.3 is 0 Å². The number of piperidine rings is 1. The van der Waals surface area contributed by atoms with E-state index in [0.29, 0.717) is 17.3 Å². The van der Waals surface area contributed by atoms with Crippen molar-refractivity contribution in [2.45, 2.75) is 32.2 Å². The van der Waals surface area contributed by atoms with Crippen LogP contribution in [-0.2, 0) is 6.54 Å². The van der Waals surface area contributed by atoms with Crippen molar-refractivity contribution < 1.29 is 4.79 Å². The monoisotopic (exact) mass is 363 g/mol. The molecule has 4 rings (SSSR count).